The molecule has 0 aliphatic carbocycles. The molecule has 1 aliphatic heterocycles. The van der Waals surface area contributed by atoms with E-state index in [0.29, 0.717) is 30.0 Å². The van der Waals surface area contributed by atoms with E-state index in [1.165, 1.54) is 12.1 Å². The molecule has 0 bridgehead atoms. The zero-order valence-corrected chi connectivity index (χ0v) is 17.7. The van der Waals surface area contributed by atoms with Crippen LogP contribution in [0.4, 0.5) is 8.78 Å². The topological polar surface area (TPSA) is 53.9 Å². The summed E-state index contributed by atoms with van der Waals surface area (Å²) in [7, 11) is 1.72. The Bertz CT molecular complexity index is 1160. The zero-order chi connectivity index (χ0) is 21.4. The Balaban J connectivity index is 1.53. The highest BCUT2D eigenvalue weighted by Gasteiger charge is 2.32. The van der Waals surface area contributed by atoms with Gasteiger partial charge in [0, 0.05) is 55.4 Å². The van der Waals surface area contributed by atoms with Crippen molar-refractivity contribution in [3.8, 4) is 0 Å². The van der Waals surface area contributed by atoms with Gasteiger partial charge in [0.1, 0.15) is 11.6 Å². The van der Waals surface area contributed by atoms with Gasteiger partial charge < -0.3 is 14.5 Å². The zero-order valence-electron chi connectivity index (χ0n) is 16.2. The van der Waals surface area contributed by atoms with Crippen LogP contribution in [0.2, 0.25) is 5.02 Å². The molecular weight excluding hydrogens is 430 g/mol. The van der Waals surface area contributed by atoms with Gasteiger partial charge in [0.25, 0.3) is 0 Å². The van der Waals surface area contributed by atoms with Crippen LogP contribution in [0.1, 0.15) is 28.4 Å². The minimum absolute atomic E-state index is 0.0356. The fourth-order valence-electron chi connectivity index (χ4n) is 3.90. The van der Waals surface area contributed by atoms with Gasteiger partial charge >= 0.3 is 0 Å². The number of aromatic nitrogens is 3. The Kier molecular flexibility index (Phi) is 5.71. The number of halogens is 3. The van der Waals surface area contributed by atoms with Crippen molar-refractivity contribution in [1.82, 2.24) is 19.4 Å². The highest BCUT2D eigenvalue weighted by Crippen LogP contribution is 2.36. The minimum atomic E-state index is -0.740. The summed E-state index contributed by atoms with van der Waals surface area (Å²) in [6, 6.07) is 6.10. The summed E-state index contributed by atoms with van der Waals surface area (Å²) in [5.74, 6) is -1.90. The van der Waals surface area contributed by atoms with Gasteiger partial charge in [-0.3, -0.25) is 9.78 Å². The Labute approximate surface area is 182 Å². The molecule has 0 saturated heterocycles. The van der Waals surface area contributed by atoms with E-state index in [2.05, 4.69) is 9.97 Å². The molecule has 1 aromatic carbocycles. The summed E-state index contributed by atoms with van der Waals surface area (Å²) in [6.07, 6.45) is 3.89. The summed E-state index contributed by atoms with van der Waals surface area (Å²) in [5, 5.41) is -0.111. The fourth-order valence-corrected chi connectivity index (χ4v) is 4.37. The Morgan fingerprint density at radius 3 is 2.93 bits per heavy atom. The number of rotatable bonds is 5. The predicted octanol–water partition coefficient (Wildman–Crippen LogP) is 4.41. The van der Waals surface area contributed by atoms with Crippen LogP contribution in [0.15, 0.2) is 36.7 Å². The molecule has 3 heterocycles. The van der Waals surface area contributed by atoms with E-state index in [1.54, 1.807) is 24.3 Å². The van der Waals surface area contributed by atoms with Crippen molar-refractivity contribution in [1.29, 1.82) is 0 Å². The molecule has 1 atom stereocenters. The number of nitrogens with one attached hydrogen (secondary N) is 1. The second-order valence-corrected chi connectivity index (χ2v) is 8.21. The second-order valence-electron chi connectivity index (χ2n) is 7.41. The minimum Gasteiger partial charge on any atom is -0.341 e. The van der Waals surface area contributed by atoms with Crippen molar-refractivity contribution in [2.45, 2.75) is 31.8 Å². The first-order chi connectivity index (χ1) is 14.3. The van der Waals surface area contributed by atoms with E-state index in [4.69, 9.17) is 23.8 Å². The van der Waals surface area contributed by atoms with Crippen LogP contribution in [-0.2, 0) is 30.7 Å². The van der Waals surface area contributed by atoms with E-state index in [0.717, 1.165) is 11.3 Å². The number of benzene rings is 1. The third-order valence-corrected chi connectivity index (χ3v) is 6.02. The number of imidazole rings is 1. The Hall–Kier alpha value is -2.58. The van der Waals surface area contributed by atoms with Crippen LogP contribution in [0.5, 0.6) is 0 Å². The van der Waals surface area contributed by atoms with E-state index < -0.39 is 17.6 Å². The first-order valence-corrected chi connectivity index (χ1v) is 10.2. The Morgan fingerprint density at radius 1 is 1.40 bits per heavy atom. The number of fused-ring (bicyclic) bond motifs is 1. The largest absolute Gasteiger partial charge is 0.341 e. The summed E-state index contributed by atoms with van der Waals surface area (Å²) < 4.78 is 31.1. The van der Waals surface area contributed by atoms with Gasteiger partial charge in [-0.25, -0.2) is 8.78 Å². The quantitative estimate of drug-likeness (QED) is 0.464. The maximum Gasteiger partial charge on any atom is 0.228 e. The van der Waals surface area contributed by atoms with Crippen molar-refractivity contribution in [3.63, 3.8) is 0 Å². The van der Waals surface area contributed by atoms with Crippen molar-refractivity contribution in [2.24, 2.45) is 0 Å². The van der Waals surface area contributed by atoms with Gasteiger partial charge in [0.05, 0.1) is 11.4 Å². The summed E-state index contributed by atoms with van der Waals surface area (Å²) in [5.41, 5.74) is 2.36. The number of pyridine rings is 1. The molecule has 2 aromatic heterocycles. The number of H-pyrrole nitrogens is 1. The van der Waals surface area contributed by atoms with Crippen LogP contribution < -0.4 is 0 Å². The van der Waals surface area contributed by atoms with Crippen LogP contribution in [0, 0.1) is 16.4 Å². The summed E-state index contributed by atoms with van der Waals surface area (Å²) in [6.45, 7) is 0.767. The average Bonchev–Trinajstić information content (AvgIpc) is 3.27. The van der Waals surface area contributed by atoms with Crippen LogP contribution in [0.3, 0.4) is 0 Å². The number of amides is 1. The van der Waals surface area contributed by atoms with E-state index in [9.17, 15) is 13.6 Å². The SMILES string of the molecule is CN(Cc1cccnc1)C(=O)Cc1[nH]c(=S)n2c1C[C@@H](c1c(F)ccc(Cl)c1F)C2. The number of carbonyl (C=O) groups excluding carboxylic acids is 1. The van der Waals surface area contributed by atoms with Crippen LogP contribution in [0.25, 0.3) is 0 Å². The van der Waals surface area contributed by atoms with Crippen molar-refractivity contribution >= 4 is 29.7 Å². The highest BCUT2D eigenvalue weighted by molar-refractivity contribution is 7.71. The summed E-state index contributed by atoms with van der Waals surface area (Å²) in [4.78, 5) is 21.5. The first kappa shape index (κ1) is 20.7. The van der Waals surface area contributed by atoms with Gasteiger partial charge in [-0.15, -0.1) is 0 Å². The average molecular weight is 449 g/mol. The third kappa shape index (κ3) is 3.89. The normalized spacial score (nSPS) is 15.3. The predicted molar refractivity (Wildman–Crippen MR) is 112 cm³/mol. The van der Waals surface area contributed by atoms with Gasteiger partial charge in [-0.2, -0.15) is 0 Å². The second kappa shape index (κ2) is 8.28. The number of nitrogens with zero attached hydrogens (tertiary/aromatic N) is 3. The molecule has 3 aromatic rings. The lowest BCUT2D eigenvalue weighted by Crippen LogP contribution is -2.28. The van der Waals surface area contributed by atoms with E-state index >= 15 is 0 Å². The molecule has 0 spiro atoms. The lowest BCUT2D eigenvalue weighted by atomic mass is 9.95. The lowest BCUT2D eigenvalue weighted by molar-refractivity contribution is -0.129. The molecule has 0 unspecified atom stereocenters. The molecule has 1 amide bonds. The molecule has 30 heavy (non-hydrogen) atoms. The van der Waals surface area contributed by atoms with E-state index in [-0.39, 0.29) is 22.9 Å². The number of carbonyl (C=O) groups is 1. The van der Waals surface area contributed by atoms with Crippen LogP contribution in [-0.4, -0.2) is 32.4 Å². The first-order valence-electron chi connectivity index (χ1n) is 9.42. The molecule has 0 saturated carbocycles. The molecule has 5 nitrogen and oxygen atoms in total. The third-order valence-electron chi connectivity index (χ3n) is 5.40. The molecule has 0 fully saturated rings. The maximum absolute atomic E-state index is 14.5. The highest BCUT2D eigenvalue weighted by atomic mass is 35.5. The fraction of sp³-hybridized carbons (Fsp3) is 0.286. The number of aromatic amines is 1. The molecule has 1 N–H and O–H groups in total. The number of hydrogen-bond acceptors (Lipinski definition) is 3. The van der Waals surface area contributed by atoms with Crippen molar-refractivity contribution in [3.05, 3.63) is 80.6 Å². The van der Waals surface area contributed by atoms with Gasteiger partial charge in [0.15, 0.2) is 4.77 Å². The van der Waals surface area contributed by atoms with Crippen molar-refractivity contribution < 1.29 is 13.6 Å². The molecule has 1 aliphatic rings. The number of hydrogen-bond donors (Lipinski definition) is 1. The van der Waals surface area contributed by atoms with E-state index in [1.807, 2.05) is 16.7 Å². The molecule has 9 heteroatoms. The standard InChI is InChI=1S/C21H19ClF2N4OS/c1-27(10-12-3-2-6-25-9-12)18(29)8-16-17-7-13(11-28(17)21(30)26-16)19-15(23)5-4-14(22)20(19)24/h2-6,9,13H,7-8,10-11H2,1H3,(H,26,30)/t13-/m1/s1. The summed E-state index contributed by atoms with van der Waals surface area (Å²) >= 11 is 11.2. The van der Waals surface area contributed by atoms with Crippen molar-refractivity contribution in [2.75, 3.05) is 7.05 Å². The van der Waals surface area contributed by atoms with Gasteiger partial charge in [0.2, 0.25) is 5.91 Å². The molecule has 4 rings (SSSR count). The van der Waals surface area contributed by atoms with Crippen LogP contribution >= 0.6 is 23.8 Å². The maximum atomic E-state index is 14.5. The van der Waals surface area contributed by atoms with Gasteiger partial charge in [-0.05, 0) is 42.4 Å². The smallest absolute Gasteiger partial charge is 0.228 e. The lowest BCUT2D eigenvalue weighted by Gasteiger charge is -2.17. The Morgan fingerprint density at radius 2 is 2.20 bits per heavy atom. The van der Waals surface area contributed by atoms with Gasteiger partial charge in [-0.1, -0.05) is 17.7 Å². The number of likely N-dealkylation sites (N-methyl/N-ethyl adjacent to an activating group) is 1. The molecule has 0 radical (unpaired) electrons. The monoisotopic (exact) mass is 448 g/mol. The molecular formula is C21H19ClF2N4OS. The molecule has 156 valence electrons.